The third-order valence-electron chi connectivity index (χ3n) is 4.76. The summed E-state index contributed by atoms with van der Waals surface area (Å²) >= 11 is 1.64. The third kappa shape index (κ3) is 4.93. The maximum absolute atomic E-state index is 12.8. The van der Waals surface area contributed by atoms with Crippen LogP contribution in [0.4, 0.5) is 5.69 Å². The first-order valence-electron chi connectivity index (χ1n) is 9.73. The lowest BCUT2D eigenvalue weighted by Crippen LogP contribution is -2.40. The average Bonchev–Trinajstić information content (AvgIpc) is 3.27. The zero-order valence-corrected chi connectivity index (χ0v) is 17.2. The summed E-state index contributed by atoms with van der Waals surface area (Å²) in [5.74, 6) is 0.508. The number of ether oxygens (including phenoxy) is 1. The number of hydrogen-bond acceptors (Lipinski definition) is 5. The second-order valence-corrected chi connectivity index (χ2v) is 7.86. The Labute approximate surface area is 179 Å². The molecule has 0 atom stereocenters. The molecule has 0 saturated carbocycles. The van der Waals surface area contributed by atoms with Crippen LogP contribution >= 0.6 is 11.8 Å². The summed E-state index contributed by atoms with van der Waals surface area (Å²) < 4.78 is 10.7. The van der Waals surface area contributed by atoms with E-state index in [9.17, 15) is 9.59 Å². The highest BCUT2D eigenvalue weighted by atomic mass is 32.2. The molecule has 1 saturated heterocycles. The second-order valence-electron chi connectivity index (χ2n) is 6.82. The van der Waals surface area contributed by atoms with E-state index in [1.807, 2.05) is 36.4 Å². The van der Waals surface area contributed by atoms with Crippen molar-refractivity contribution in [3.63, 3.8) is 0 Å². The summed E-state index contributed by atoms with van der Waals surface area (Å²) in [6.45, 7) is 2.24. The molecule has 1 aliphatic rings. The summed E-state index contributed by atoms with van der Waals surface area (Å²) in [5.41, 5.74) is 1.91. The minimum absolute atomic E-state index is 0.0626. The molecule has 0 aliphatic carbocycles. The van der Waals surface area contributed by atoms with Gasteiger partial charge in [0.25, 0.3) is 11.8 Å². The molecule has 3 aromatic rings. The molecule has 6 nitrogen and oxygen atoms in total. The smallest absolute Gasteiger partial charge is 0.291 e. The Morgan fingerprint density at radius 1 is 1.00 bits per heavy atom. The molecule has 2 heterocycles. The Morgan fingerprint density at radius 2 is 1.80 bits per heavy atom. The molecule has 1 aliphatic heterocycles. The van der Waals surface area contributed by atoms with E-state index in [0.717, 1.165) is 10.5 Å². The number of benzene rings is 2. The highest BCUT2D eigenvalue weighted by molar-refractivity contribution is 7.98. The van der Waals surface area contributed by atoms with Crippen molar-refractivity contribution >= 4 is 29.3 Å². The first-order chi connectivity index (χ1) is 14.7. The van der Waals surface area contributed by atoms with Gasteiger partial charge in [0.05, 0.1) is 19.5 Å². The number of thioether (sulfide) groups is 1. The van der Waals surface area contributed by atoms with Crippen LogP contribution in [0.5, 0.6) is 0 Å². The molecular formula is C23H22N2O4S. The van der Waals surface area contributed by atoms with Gasteiger partial charge in [-0.1, -0.05) is 24.3 Å². The van der Waals surface area contributed by atoms with Crippen molar-refractivity contribution in [2.75, 3.05) is 31.6 Å². The Morgan fingerprint density at radius 3 is 2.60 bits per heavy atom. The average molecular weight is 423 g/mol. The molecule has 0 bridgehead atoms. The summed E-state index contributed by atoms with van der Waals surface area (Å²) in [4.78, 5) is 28.3. The van der Waals surface area contributed by atoms with Crippen LogP contribution in [0.25, 0.3) is 0 Å². The topological polar surface area (TPSA) is 71.8 Å². The standard InChI is InChI=1S/C23H22N2O4S/c26-22(21-18(9-12-29-21)16-30-20-7-2-1-3-8-20)24-19-6-4-5-17(15-19)23(27)25-10-13-28-14-11-25/h1-9,12,15H,10-11,13-14,16H2,(H,24,26). The van der Waals surface area contributed by atoms with Crippen LogP contribution in [0.15, 0.2) is 76.2 Å². The number of anilines is 1. The summed E-state index contributed by atoms with van der Waals surface area (Å²) in [7, 11) is 0. The van der Waals surface area contributed by atoms with E-state index in [-0.39, 0.29) is 17.6 Å². The molecule has 0 radical (unpaired) electrons. The Bertz CT molecular complexity index is 1010. The fourth-order valence-corrected chi connectivity index (χ4v) is 4.09. The number of morpholine rings is 1. The number of carbonyl (C=O) groups excluding carboxylic acids is 2. The minimum Gasteiger partial charge on any atom is -0.459 e. The lowest BCUT2D eigenvalue weighted by atomic mass is 10.1. The van der Waals surface area contributed by atoms with Crippen molar-refractivity contribution in [2.45, 2.75) is 10.6 Å². The van der Waals surface area contributed by atoms with Crippen LogP contribution in [-0.2, 0) is 10.5 Å². The van der Waals surface area contributed by atoms with Gasteiger partial charge >= 0.3 is 0 Å². The van der Waals surface area contributed by atoms with Crippen LogP contribution in [0.3, 0.4) is 0 Å². The van der Waals surface area contributed by atoms with Gasteiger partial charge in [0, 0.05) is 40.6 Å². The Hall–Kier alpha value is -3.03. The SMILES string of the molecule is O=C(Nc1cccc(C(=O)N2CCOCC2)c1)c1occc1CSc1ccccc1. The molecule has 1 fully saturated rings. The van der Waals surface area contributed by atoms with Crippen LogP contribution in [0.1, 0.15) is 26.5 Å². The lowest BCUT2D eigenvalue weighted by molar-refractivity contribution is 0.0303. The Kier molecular flexibility index (Phi) is 6.51. The second kappa shape index (κ2) is 9.65. The predicted molar refractivity (Wildman–Crippen MR) is 116 cm³/mol. The van der Waals surface area contributed by atoms with Crippen molar-refractivity contribution in [2.24, 2.45) is 0 Å². The number of amides is 2. The molecule has 4 rings (SSSR count). The van der Waals surface area contributed by atoms with Gasteiger partial charge in [-0.15, -0.1) is 11.8 Å². The van der Waals surface area contributed by atoms with Crippen molar-refractivity contribution in [3.05, 3.63) is 83.8 Å². The van der Waals surface area contributed by atoms with Crippen molar-refractivity contribution < 1.29 is 18.7 Å². The first-order valence-corrected chi connectivity index (χ1v) is 10.7. The van der Waals surface area contributed by atoms with Gasteiger partial charge in [0.1, 0.15) is 0 Å². The number of furan rings is 1. The Balaban J connectivity index is 1.42. The van der Waals surface area contributed by atoms with Crippen LogP contribution in [0.2, 0.25) is 0 Å². The zero-order valence-electron chi connectivity index (χ0n) is 16.4. The molecular weight excluding hydrogens is 400 g/mol. The van der Waals surface area contributed by atoms with Crippen LogP contribution < -0.4 is 5.32 Å². The van der Waals surface area contributed by atoms with E-state index < -0.39 is 0 Å². The van der Waals surface area contributed by atoms with E-state index in [0.29, 0.717) is 43.3 Å². The van der Waals surface area contributed by atoms with Crippen molar-refractivity contribution in [3.8, 4) is 0 Å². The fourth-order valence-electron chi connectivity index (χ4n) is 3.19. The largest absolute Gasteiger partial charge is 0.459 e. The molecule has 2 aromatic carbocycles. The van der Waals surface area contributed by atoms with Gasteiger partial charge in [0.2, 0.25) is 0 Å². The normalized spacial score (nSPS) is 13.8. The molecule has 1 N–H and O–H groups in total. The number of nitrogens with one attached hydrogen (secondary N) is 1. The van der Waals surface area contributed by atoms with Gasteiger partial charge in [-0.25, -0.2) is 0 Å². The van der Waals surface area contributed by atoms with E-state index in [1.165, 1.54) is 6.26 Å². The predicted octanol–water partition coefficient (Wildman–Crippen LogP) is 4.30. The number of hydrogen-bond donors (Lipinski definition) is 1. The minimum atomic E-state index is -0.334. The first kappa shape index (κ1) is 20.3. The van der Waals surface area contributed by atoms with Gasteiger partial charge < -0.3 is 19.4 Å². The molecule has 0 unspecified atom stereocenters. The fraction of sp³-hybridized carbons (Fsp3) is 0.217. The molecule has 154 valence electrons. The van der Waals surface area contributed by atoms with Crippen molar-refractivity contribution in [1.82, 2.24) is 4.90 Å². The zero-order chi connectivity index (χ0) is 20.8. The van der Waals surface area contributed by atoms with Crippen LogP contribution in [0, 0.1) is 0 Å². The van der Waals surface area contributed by atoms with E-state index in [2.05, 4.69) is 5.32 Å². The maximum atomic E-state index is 12.8. The van der Waals surface area contributed by atoms with Gasteiger partial charge in [0.15, 0.2) is 5.76 Å². The molecule has 2 amide bonds. The molecule has 7 heteroatoms. The van der Waals surface area contributed by atoms with E-state index >= 15 is 0 Å². The number of carbonyl (C=O) groups is 2. The molecule has 1 aromatic heterocycles. The highest BCUT2D eigenvalue weighted by Crippen LogP contribution is 2.25. The third-order valence-corrected chi connectivity index (χ3v) is 5.82. The van der Waals surface area contributed by atoms with Gasteiger partial charge in [-0.2, -0.15) is 0 Å². The molecule has 30 heavy (non-hydrogen) atoms. The number of rotatable bonds is 6. The monoisotopic (exact) mass is 422 g/mol. The number of nitrogens with zero attached hydrogens (tertiary/aromatic N) is 1. The summed E-state index contributed by atoms with van der Waals surface area (Å²) in [5, 5.41) is 2.84. The quantitative estimate of drug-likeness (QED) is 0.600. The van der Waals surface area contributed by atoms with Gasteiger partial charge in [-0.3, -0.25) is 9.59 Å². The van der Waals surface area contributed by atoms with Crippen molar-refractivity contribution in [1.29, 1.82) is 0 Å². The summed E-state index contributed by atoms with van der Waals surface area (Å²) in [6.07, 6.45) is 1.52. The molecule has 0 spiro atoms. The summed E-state index contributed by atoms with van der Waals surface area (Å²) in [6, 6.07) is 18.8. The van der Waals surface area contributed by atoms with Gasteiger partial charge in [-0.05, 0) is 36.4 Å². The van der Waals surface area contributed by atoms with Crippen LogP contribution in [-0.4, -0.2) is 43.0 Å². The van der Waals surface area contributed by atoms with E-state index in [4.69, 9.17) is 9.15 Å². The maximum Gasteiger partial charge on any atom is 0.291 e. The van der Waals surface area contributed by atoms with E-state index in [1.54, 1.807) is 40.9 Å². The highest BCUT2D eigenvalue weighted by Gasteiger charge is 2.20. The lowest BCUT2D eigenvalue weighted by Gasteiger charge is -2.27.